The van der Waals surface area contributed by atoms with Crippen LogP contribution in [0, 0.1) is 0 Å². The van der Waals surface area contributed by atoms with Gasteiger partial charge in [-0.05, 0) is 29.1 Å². The molecule has 3 rings (SSSR count). The highest BCUT2D eigenvalue weighted by molar-refractivity contribution is 7.08. The largest absolute Gasteiger partial charge is 0.352 e. The van der Waals surface area contributed by atoms with Crippen LogP contribution in [0.3, 0.4) is 0 Å². The number of benzene rings is 1. The third-order valence-electron chi connectivity index (χ3n) is 3.58. The SMILES string of the molecule is CC(=O)Nc1ccc(CNC(=O)CCc2nc(-c3ccsc3)no2)cc1. The van der Waals surface area contributed by atoms with Gasteiger partial charge in [-0.3, -0.25) is 9.59 Å². The Hall–Kier alpha value is -3.00. The van der Waals surface area contributed by atoms with Crippen molar-refractivity contribution in [2.24, 2.45) is 0 Å². The van der Waals surface area contributed by atoms with E-state index in [1.807, 2.05) is 29.0 Å². The predicted molar refractivity (Wildman–Crippen MR) is 98.5 cm³/mol. The molecule has 8 heteroatoms. The lowest BCUT2D eigenvalue weighted by Crippen LogP contribution is -2.23. The van der Waals surface area contributed by atoms with E-state index in [0.29, 0.717) is 24.7 Å². The zero-order valence-electron chi connectivity index (χ0n) is 14.2. The van der Waals surface area contributed by atoms with Crippen LogP contribution in [0.15, 0.2) is 45.6 Å². The Labute approximate surface area is 154 Å². The number of aromatic nitrogens is 2. The second-order valence-corrected chi connectivity index (χ2v) is 6.46. The molecule has 2 aromatic heterocycles. The molecule has 2 N–H and O–H groups in total. The first-order valence-corrected chi connectivity index (χ1v) is 9.03. The van der Waals surface area contributed by atoms with E-state index in [1.165, 1.54) is 6.92 Å². The maximum atomic E-state index is 12.0. The first-order chi connectivity index (χ1) is 12.6. The van der Waals surface area contributed by atoms with Crippen LogP contribution < -0.4 is 10.6 Å². The predicted octanol–water partition coefficient (Wildman–Crippen LogP) is 3.01. The van der Waals surface area contributed by atoms with E-state index >= 15 is 0 Å². The minimum atomic E-state index is -0.116. The zero-order chi connectivity index (χ0) is 18.4. The van der Waals surface area contributed by atoms with Gasteiger partial charge in [0, 0.05) is 42.9 Å². The number of hydrogen-bond donors (Lipinski definition) is 2. The number of carbonyl (C=O) groups excluding carboxylic acids is 2. The molecule has 7 nitrogen and oxygen atoms in total. The monoisotopic (exact) mass is 370 g/mol. The normalized spacial score (nSPS) is 10.5. The first kappa shape index (κ1) is 17.8. The molecular formula is C18H18N4O3S. The molecule has 134 valence electrons. The summed E-state index contributed by atoms with van der Waals surface area (Å²) in [5.41, 5.74) is 2.59. The van der Waals surface area contributed by atoms with E-state index in [-0.39, 0.29) is 18.2 Å². The van der Waals surface area contributed by atoms with Gasteiger partial charge < -0.3 is 15.2 Å². The van der Waals surface area contributed by atoms with Gasteiger partial charge in [-0.15, -0.1) is 0 Å². The highest BCUT2D eigenvalue weighted by Crippen LogP contribution is 2.19. The molecule has 26 heavy (non-hydrogen) atoms. The zero-order valence-corrected chi connectivity index (χ0v) is 15.0. The molecule has 0 bridgehead atoms. The number of hydrogen-bond acceptors (Lipinski definition) is 6. The number of carbonyl (C=O) groups is 2. The van der Waals surface area contributed by atoms with E-state index in [4.69, 9.17) is 4.52 Å². The van der Waals surface area contributed by atoms with Gasteiger partial charge >= 0.3 is 0 Å². The molecule has 2 amide bonds. The fourth-order valence-electron chi connectivity index (χ4n) is 2.28. The van der Waals surface area contributed by atoms with E-state index in [1.54, 1.807) is 23.5 Å². The average Bonchev–Trinajstić information content (AvgIpc) is 3.30. The lowest BCUT2D eigenvalue weighted by molar-refractivity contribution is -0.121. The number of aryl methyl sites for hydroxylation is 1. The van der Waals surface area contributed by atoms with Crippen molar-refractivity contribution in [2.45, 2.75) is 26.3 Å². The summed E-state index contributed by atoms with van der Waals surface area (Å²) in [6.45, 7) is 1.88. The van der Waals surface area contributed by atoms with Crippen molar-refractivity contribution in [3.05, 3.63) is 52.5 Å². The lowest BCUT2D eigenvalue weighted by Gasteiger charge is -2.06. The summed E-state index contributed by atoms with van der Waals surface area (Å²) in [4.78, 5) is 27.3. The third-order valence-corrected chi connectivity index (χ3v) is 4.26. The maximum absolute atomic E-state index is 12.0. The number of rotatable bonds is 7. The third kappa shape index (κ3) is 5.00. The summed E-state index contributed by atoms with van der Waals surface area (Å²) in [5, 5.41) is 13.4. The highest BCUT2D eigenvalue weighted by Gasteiger charge is 2.11. The van der Waals surface area contributed by atoms with Crippen molar-refractivity contribution in [1.82, 2.24) is 15.5 Å². The van der Waals surface area contributed by atoms with Crippen molar-refractivity contribution < 1.29 is 14.1 Å². The van der Waals surface area contributed by atoms with Crippen molar-refractivity contribution in [3.8, 4) is 11.4 Å². The Kier molecular flexibility index (Phi) is 5.75. The number of nitrogens with one attached hydrogen (secondary N) is 2. The van der Waals surface area contributed by atoms with Gasteiger partial charge in [0.1, 0.15) is 0 Å². The van der Waals surface area contributed by atoms with Crippen LogP contribution >= 0.6 is 11.3 Å². The number of anilines is 1. The second kappa shape index (κ2) is 8.39. The highest BCUT2D eigenvalue weighted by atomic mass is 32.1. The van der Waals surface area contributed by atoms with Crippen LogP contribution in [0.5, 0.6) is 0 Å². The molecule has 0 saturated heterocycles. The van der Waals surface area contributed by atoms with Gasteiger partial charge in [-0.1, -0.05) is 17.3 Å². The van der Waals surface area contributed by atoms with Crippen molar-refractivity contribution in [3.63, 3.8) is 0 Å². The van der Waals surface area contributed by atoms with E-state index in [0.717, 1.165) is 16.8 Å². The average molecular weight is 370 g/mol. The molecule has 0 atom stereocenters. The van der Waals surface area contributed by atoms with Gasteiger partial charge in [0.05, 0.1) is 0 Å². The molecule has 0 aliphatic carbocycles. The molecule has 0 unspecified atom stereocenters. The summed E-state index contributed by atoms with van der Waals surface area (Å²) in [6, 6.07) is 9.23. The Balaban J connectivity index is 1.43. The Morgan fingerprint density at radius 1 is 1.19 bits per heavy atom. The van der Waals surface area contributed by atoms with E-state index < -0.39 is 0 Å². The van der Waals surface area contributed by atoms with Crippen LogP contribution in [0.25, 0.3) is 11.4 Å². The van der Waals surface area contributed by atoms with Crippen molar-refractivity contribution in [2.75, 3.05) is 5.32 Å². The Morgan fingerprint density at radius 2 is 2.00 bits per heavy atom. The van der Waals surface area contributed by atoms with Gasteiger partial charge in [-0.2, -0.15) is 16.3 Å². The first-order valence-electron chi connectivity index (χ1n) is 8.08. The standard InChI is InChI=1S/C18H18N4O3S/c1-12(23)20-15-4-2-13(3-5-15)10-19-16(24)6-7-17-21-18(22-25-17)14-8-9-26-11-14/h2-5,8-9,11H,6-7,10H2,1H3,(H,19,24)(H,20,23). The Morgan fingerprint density at radius 3 is 2.69 bits per heavy atom. The van der Waals surface area contributed by atoms with Crippen LogP contribution in [0.1, 0.15) is 24.8 Å². The number of nitrogens with zero attached hydrogens (tertiary/aromatic N) is 2. The molecule has 2 heterocycles. The van der Waals surface area contributed by atoms with Crippen LogP contribution in [0.4, 0.5) is 5.69 Å². The van der Waals surface area contributed by atoms with Gasteiger partial charge in [0.25, 0.3) is 0 Å². The lowest BCUT2D eigenvalue weighted by atomic mass is 10.2. The molecule has 0 spiro atoms. The van der Waals surface area contributed by atoms with Crippen LogP contribution in [-0.2, 0) is 22.6 Å². The number of amides is 2. The molecule has 1 aromatic carbocycles. The number of thiophene rings is 1. The smallest absolute Gasteiger partial charge is 0.227 e. The fraction of sp³-hybridized carbons (Fsp3) is 0.222. The summed E-state index contributed by atoms with van der Waals surface area (Å²) in [5.74, 6) is 0.780. The van der Waals surface area contributed by atoms with Gasteiger partial charge in [-0.25, -0.2) is 0 Å². The summed E-state index contributed by atoms with van der Waals surface area (Å²) in [7, 11) is 0. The van der Waals surface area contributed by atoms with Gasteiger partial charge in [0.15, 0.2) is 0 Å². The van der Waals surface area contributed by atoms with Crippen molar-refractivity contribution >= 4 is 28.8 Å². The van der Waals surface area contributed by atoms with E-state index in [9.17, 15) is 9.59 Å². The quantitative estimate of drug-likeness (QED) is 0.666. The summed E-state index contributed by atoms with van der Waals surface area (Å²) >= 11 is 1.56. The van der Waals surface area contributed by atoms with Gasteiger partial charge in [0.2, 0.25) is 23.5 Å². The maximum Gasteiger partial charge on any atom is 0.227 e. The molecular weight excluding hydrogens is 352 g/mol. The fourth-order valence-corrected chi connectivity index (χ4v) is 2.92. The second-order valence-electron chi connectivity index (χ2n) is 5.68. The molecule has 3 aromatic rings. The van der Waals surface area contributed by atoms with Crippen LogP contribution in [-0.4, -0.2) is 22.0 Å². The molecule has 0 saturated carbocycles. The minimum absolute atomic E-state index is 0.0915. The molecule has 0 aliphatic heterocycles. The summed E-state index contributed by atoms with van der Waals surface area (Å²) in [6.07, 6.45) is 0.666. The van der Waals surface area contributed by atoms with Crippen LogP contribution in [0.2, 0.25) is 0 Å². The van der Waals surface area contributed by atoms with E-state index in [2.05, 4.69) is 20.8 Å². The summed E-state index contributed by atoms with van der Waals surface area (Å²) < 4.78 is 5.18. The molecule has 0 radical (unpaired) electrons. The Bertz CT molecular complexity index is 872. The molecule has 0 aliphatic rings. The minimum Gasteiger partial charge on any atom is -0.352 e. The topological polar surface area (TPSA) is 97.1 Å². The van der Waals surface area contributed by atoms with Crippen molar-refractivity contribution in [1.29, 1.82) is 0 Å². The molecule has 0 fully saturated rings.